The molecule has 0 aromatic heterocycles. The van der Waals surface area contributed by atoms with Gasteiger partial charge in [0, 0.05) is 24.8 Å². The molecular formula is C14H20FNO. The number of anilines is 1. The molecule has 0 aliphatic heterocycles. The number of aliphatic hydroxyl groups excluding tert-OH is 1. The number of rotatable bonds is 4. The molecule has 0 spiro atoms. The predicted molar refractivity (Wildman–Crippen MR) is 67.8 cm³/mol. The van der Waals surface area contributed by atoms with Crippen LogP contribution >= 0.6 is 0 Å². The van der Waals surface area contributed by atoms with Gasteiger partial charge in [0.05, 0.1) is 6.10 Å². The van der Waals surface area contributed by atoms with E-state index in [9.17, 15) is 9.50 Å². The minimum Gasteiger partial charge on any atom is -0.389 e. The first-order chi connectivity index (χ1) is 7.99. The van der Waals surface area contributed by atoms with Crippen LogP contribution in [0.5, 0.6) is 0 Å². The number of nitrogens with zero attached hydrogens (tertiary/aromatic N) is 1. The van der Waals surface area contributed by atoms with E-state index in [0.29, 0.717) is 11.1 Å². The molecule has 0 amide bonds. The SMILES string of the molecule is Cc1cc(N(C)CC2CC2)c([C@H](C)O)cc1F. The second kappa shape index (κ2) is 4.65. The minimum atomic E-state index is -0.637. The zero-order valence-electron chi connectivity index (χ0n) is 10.7. The smallest absolute Gasteiger partial charge is 0.126 e. The van der Waals surface area contributed by atoms with Crippen LogP contribution in [0, 0.1) is 18.7 Å². The highest BCUT2D eigenvalue weighted by Crippen LogP contribution is 2.34. The maximum Gasteiger partial charge on any atom is 0.126 e. The molecule has 2 rings (SSSR count). The number of aryl methyl sites for hydroxylation is 1. The summed E-state index contributed by atoms with van der Waals surface area (Å²) in [6.45, 7) is 4.43. The Bertz CT molecular complexity index is 413. The second-order valence-corrected chi connectivity index (χ2v) is 5.16. The number of aliphatic hydroxyl groups is 1. The van der Waals surface area contributed by atoms with E-state index in [0.717, 1.165) is 18.2 Å². The topological polar surface area (TPSA) is 23.5 Å². The Balaban J connectivity index is 2.31. The summed E-state index contributed by atoms with van der Waals surface area (Å²) >= 11 is 0. The lowest BCUT2D eigenvalue weighted by atomic mass is 10.0. The van der Waals surface area contributed by atoms with Crippen molar-refractivity contribution in [3.63, 3.8) is 0 Å². The van der Waals surface area contributed by atoms with Gasteiger partial charge in [-0.05, 0) is 50.3 Å². The van der Waals surface area contributed by atoms with Crippen molar-refractivity contribution in [3.05, 3.63) is 29.1 Å². The third-order valence-corrected chi connectivity index (χ3v) is 3.40. The van der Waals surface area contributed by atoms with Crippen LogP contribution in [-0.4, -0.2) is 18.7 Å². The van der Waals surface area contributed by atoms with Crippen molar-refractivity contribution in [1.29, 1.82) is 0 Å². The van der Waals surface area contributed by atoms with E-state index in [-0.39, 0.29) is 5.82 Å². The van der Waals surface area contributed by atoms with Crippen molar-refractivity contribution in [2.45, 2.75) is 32.8 Å². The molecule has 0 heterocycles. The Hall–Kier alpha value is -1.09. The molecule has 0 bridgehead atoms. The van der Waals surface area contributed by atoms with E-state index in [1.54, 1.807) is 13.8 Å². The summed E-state index contributed by atoms with van der Waals surface area (Å²) in [6, 6.07) is 3.29. The summed E-state index contributed by atoms with van der Waals surface area (Å²) in [7, 11) is 2.01. The van der Waals surface area contributed by atoms with Crippen LogP contribution in [0.2, 0.25) is 0 Å². The number of hydrogen-bond donors (Lipinski definition) is 1. The molecule has 2 nitrogen and oxygen atoms in total. The first-order valence-electron chi connectivity index (χ1n) is 6.18. The van der Waals surface area contributed by atoms with Gasteiger partial charge in [0.15, 0.2) is 0 Å². The van der Waals surface area contributed by atoms with Crippen molar-refractivity contribution < 1.29 is 9.50 Å². The summed E-state index contributed by atoms with van der Waals surface area (Å²) in [5, 5.41) is 9.73. The summed E-state index contributed by atoms with van der Waals surface area (Å²) in [5.41, 5.74) is 2.26. The van der Waals surface area contributed by atoms with Gasteiger partial charge >= 0.3 is 0 Å². The van der Waals surface area contributed by atoms with Crippen molar-refractivity contribution in [2.24, 2.45) is 5.92 Å². The van der Waals surface area contributed by atoms with Crippen molar-refractivity contribution in [3.8, 4) is 0 Å². The molecule has 1 aromatic carbocycles. The molecule has 1 aliphatic carbocycles. The number of hydrogen-bond acceptors (Lipinski definition) is 2. The van der Waals surface area contributed by atoms with E-state index in [2.05, 4.69) is 4.90 Å². The molecule has 1 N–H and O–H groups in total. The number of halogens is 1. The maximum absolute atomic E-state index is 13.5. The maximum atomic E-state index is 13.5. The summed E-state index contributed by atoms with van der Waals surface area (Å²) in [4.78, 5) is 2.13. The quantitative estimate of drug-likeness (QED) is 0.870. The second-order valence-electron chi connectivity index (χ2n) is 5.16. The lowest BCUT2D eigenvalue weighted by Gasteiger charge is -2.24. The van der Waals surface area contributed by atoms with E-state index >= 15 is 0 Å². The van der Waals surface area contributed by atoms with Crippen LogP contribution < -0.4 is 4.90 Å². The van der Waals surface area contributed by atoms with Crippen LogP contribution in [-0.2, 0) is 0 Å². The third-order valence-electron chi connectivity index (χ3n) is 3.40. The van der Waals surface area contributed by atoms with Crippen LogP contribution in [0.4, 0.5) is 10.1 Å². The molecule has 1 fully saturated rings. The van der Waals surface area contributed by atoms with Gasteiger partial charge in [0.1, 0.15) is 5.82 Å². The van der Waals surface area contributed by atoms with E-state index < -0.39 is 6.10 Å². The van der Waals surface area contributed by atoms with Crippen LogP contribution in [0.1, 0.15) is 37.0 Å². The monoisotopic (exact) mass is 237 g/mol. The van der Waals surface area contributed by atoms with E-state index in [4.69, 9.17) is 0 Å². The Morgan fingerprint density at radius 2 is 2.12 bits per heavy atom. The Labute approximate surface area is 102 Å². The highest BCUT2D eigenvalue weighted by atomic mass is 19.1. The van der Waals surface area contributed by atoms with Crippen molar-refractivity contribution >= 4 is 5.69 Å². The summed E-state index contributed by atoms with van der Waals surface area (Å²) in [5.74, 6) is 0.525. The first-order valence-corrected chi connectivity index (χ1v) is 6.18. The Kier molecular flexibility index (Phi) is 3.38. The van der Waals surface area contributed by atoms with Crippen molar-refractivity contribution in [2.75, 3.05) is 18.5 Å². The number of benzene rings is 1. The largest absolute Gasteiger partial charge is 0.389 e. The van der Waals surface area contributed by atoms with E-state index in [1.807, 2.05) is 13.1 Å². The van der Waals surface area contributed by atoms with Crippen LogP contribution in [0.3, 0.4) is 0 Å². The highest BCUT2D eigenvalue weighted by Gasteiger charge is 2.24. The first kappa shape index (κ1) is 12.4. The predicted octanol–water partition coefficient (Wildman–Crippen LogP) is 3.03. The zero-order valence-corrected chi connectivity index (χ0v) is 10.7. The fourth-order valence-electron chi connectivity index (χ4n) is 2.13. The van der Waals surface area contributed by atoms with Crippen molar-refractivity contribution in [1.82, 2.24) is 0 Å². The molecule has 0 unspecified atom stereocenters. The van der Waals surface area contributed by atoms with Crippen LogP contribution in [0.25, 0.3) is 0 Å². The lowest BCUT2D eigenvalue weighted by molar-refractivity contribution is 0.199. The highest BCUT2D eigenvalue weighted by molar-refractivity contribution is 5.56. The molecule has 1 saturated carbocycles. The minimum absolute atomic E-state index is 0.246. The Morgan fingerprint density at radius 3 is 2.65 bits per heavy atom. The van der Waals surface area contributed by atoms with Crippen LogP contribution in [0.15, 0.2) is 12.1 Å². The molecule has 1 atom stereocenters. The molecule has 17 heavy (non-hydrogen) atoms. The standard InChI is InChI=1S/C14H20FNO/c1-9-6-14(16(3)8-11-4-5-11)12(10(2)17)7-13(9)15/h6-7,10-11,17H,4-5,8H2,1-3H3/t10-/m0/s1. The molecule has 1 aliphatic rings. The molecule has 0 saturated heterocycles. The summed E-state index contributed by atoms with van der Waals surface area (Å²) < 4.78 is 13.5. The zero-order chi connectivity index (χ0) is 12.6. The fraction of sp³-hybridized carbons (Fsp3) is 0.571. The average Bonchev–Trinajstić information content (AvgIpc) is 3.04. The van der Waals surface area contributed by atoms with Gasteiger partial charge in [0.25, 0.3) is 0 Å². The van der Waals surface area contributed by atoms with Gasteiger partial charge < -0.3 is 10.0 Å². The molecule has 3 heteroatoms. The van der Waals surface area contributed by atoms with E-state index in [1.165, 1.54) is 18.9 Å². The van der Waals surface area contributed by atoms with Gasteiger partial charge in [-0.15, -0.1) is 0 Å². The molecule has 1 aromatic rings. The van der Waals surface area contributed by atoms with Gasteiger partial charge in [0.2, 0.25) is 0 Å². The Morgan fingerprint density at radius 1 is 1.47 bits per heavy atom. The van der Waals surface area contributed by atoms with Gasteiger partial charge in [-0.2, -0.15) is 0 Å². The van der Waals surface area contributed by atoms with Gasteiger partial charge in [-0.3, -0.25) is 0 Å². The fourth-order valence-corrected chi connectivity index (χ4v) is 2.13. The molecule has 94 valence electrons. The molecular weight excluding hydrogens is 217 g/mol. The summed E-state index contributed by atoms with van der Waals surface area (Å²) in [6.07, 6.45) is 1.94. The van der Waals surface area contributed by atoms with Gasteiger partial charge in [-0.25, -0.2) is 4.39 Å². The molecule has 0 radical (unpaired) electrons. The normalized spacial score (nSPS) is 17.0. The lowest BCUT2D eigenvalue weighted by Crippen LogP contribution is -2.22. The third kappa shape index (κ3) is 2.78. The average molecular weight is 237 g/mol. The van der Waals surface area contributed by atoms with Gasteiger partial charge in [-0.1, -0.05) is 0 Å².